The quantitative estimate of drug-likeness (QED) is 0.534. The van der Waals surface area contributed by atoms with Gasteiger partial charge in [-0.2, -0.15) is 4.99 Å². The van der Waals surface area contributed by atoms with Crippen LogP contribution < -0.4 is 4.80 Å². The Morgan fingerprint density at radius 2 is 1.93 bits per heavy atom. The van der Waals surface area contributed by atoms with Crippen LogP contribution in [-0.4, -0.2) is 23.1 Å². The van der Waals surface area contributed by atoms with Crippen molar-refractivity contribution in [3.8, 4) is 0 Å². The molecule has 0 bridgehead atoms. The van der Waals surface area contributed by atoms with Gasteiger partial charge < -0.3 is 9.30 Å². The second-order valence-electron chi connectivity index (χ2n) is 5.86. The van der Waals surface area contributed by atoms with Gasteiger partial charge in [0.15, 0.2) is 4.80 Å². The molecule has 0 unspecified atom stereocenters. The molecule has 2 aromatic heterocycles. The number of aromatic nitrogens is 1. The number of amides is 1. The fraction of sp³-hybridized carbons (Fsp3) is 0.278. The van der Waals surface area contributed by atoms with Gasteiger partial charge in [0.25, 0.3) is 5.91 Å². The number of thiazole rings is 1. The first-order valence-corrected chi connectivity index (χ1v) is 10.5. The minimum absolute atomic E-state index is 0.0258. The summed E-state index contributed by atoms with van der Waals surface area (Å²) in [4.78, 5) is 29.3. The molecule has 1 aromatic carbocycles. The van der Waals surface area contributed by atoms with Crippen LogP contribution in [0.25, 0.3) is 10.2 Å². The first kappa shape index (κ1) is 20.1. The highest BCUT2D eigenvalue weighted by Gasteiger charge is 2.17. The van der Waals surface area contributed by atoms with Gasteiger partial charge in [0, 0.05) is 0 Å². The van der Waals surface area contributed by atoms with Gasteiger partial charge in [-0.05, 0) is 44.0 Å². The molecule has 3 aromatic rings. The van der Waals surface area contributed by atoms with Gasteiger partial charge in [0.05, 0.1) is 26.7 Å². The number of thiophene rings is 1. The highest BCUT2D eigenvalue weighted by molar-refractivity contribution is 7.20. The lowest BCUT2D eigenvalue weighted by Gasteiger charge is -2.07. The maximum atomic E-state index is 12.6. The lowest BCUT2D eigenvalue weighted by molar-refractivity contribution is -0.143. The number of hydrogen-bond donors (Lipinski definition) is 0. The molecule has 0 saturated heterocycles. The number of fused-ring (bicyclic) bond motifs is 1. The van der Waals surface area contributed by atoms with Crippen LogP contribution in [0.15, 0.2) is 23.2 Å². The third kappa shape index (κ3) is 4.27. The molecular formula is C18H16Cl2N2O3S2. The number of nitrogens with zero attached hydrogens (tertiary/aromatic N) is 2. The van der Waals surface area contributed by atoms with E-state index in [9.17, 15) is 9.59 Å². The van der Waals surface area contributed by atoms with Crippen molar-refractivity contribution in [2.45, 2.75) is 27.3 Å². The molecule has 0 N–H and O–H groups in total. The van der Waals surface area contributed by atoms with Gasteiger partial charge in [-0.15, -0.1) is 11.3 Å². The van der Waals surface area contributed by atoms with Crippen LogP contribution >= 0.6 is 45.9 Å². The first-order chi connectivity index (χ1) is 12.8. The standard InChI is InChI=1S/C18H16Cl2N2O3S2/c1-4-25-14(23)8-22-15-10(3)5-9(2)6-12(15)26-18(22)21-17(24)11-7-13(19)27-16(11)20/h5-7H,4,8H2,1-3H3. The van der Waals surface area contributed by atoms with E-state index in [4.69, 9.17) is 27.9 Å². The van der Waals surface area contributed by atoms with Gasteiger partial charge in [-0.3, -0.25) is 9.59 Å². The van der Waals surface area contributed by atoms with Crippen molar-refractivity contribution >= 4 is 68.0 Å². The SMILES string of the molecule is CCOC(=O)Cn1c(=NC(=O)c2cc(Cl)sc2Cl)sc2cc(C)cc(C)c21. The fourth-order valence-corrected chi connectivity index (χ4v) is 5.44. The number of ether oxygens (including phenoxy) is 1. The Hall–Kier alpha value is -1.67. The number of esters is 1. The Morgan fingerprint density at radius 3 is 2.56 bits per heavy atom. The van der Waals surface area contributed by atoms with Crippen LogP contribution in [0, 0.1) is 13.8 Å². The van der Waals surface area contributed by atoms with E-state index in [1.54, 1.807) is 11.5 Å². The van der Waals surface area contributed by atoms with Crippen LogP contribution in [0.4, 0.5) is 0 Å². The number of benzene rings is 1. The Bertz CT molecular complexity index is 1110. The zero-order chi connectivity index (χ0) is 19.7. The van der Waals surface area contributed by atoms with E-state index in [0.29, 0.717) is 13.5 Å². The van der Waals surface area contributed by atoms with Crippen LogP contribution in [0.5, 0.6) is 0 Å². The summed E-state index contributed by atoms with van der Waals surface area (Å²) in [5, 5.41) is 0. The fourth-order valence-electron chi connectivity index (χ4n) is 2.79. The molecule has 27 heavy (non-hydrogen) atoms. The molecule has 0 aliphatic heterocycles. The molecule has 5 nitrogen and oxygen atoms in total. The minimum atomic E-state index is -0.498. The van der Waals surface area contributed by atoms with E-state index >= 15 is 0 Å². The summed E-state index contributed by atoms with van der Waals surface area (Å²) < 4.78 is 8.44. The molecule has 2 heterocycles. The first-order valence-electron chi connectivity index (χ1n) is 8.10. The summed E-state index contributed by atoms with van der Waals surface area (Å²) in [6.07, 6.45) is 0. The summed E-state index contributed by atoms with van der Waals surface area (Å²) in [5.74, 6) is -0.885. The monoisotopic (exact) mass is 442 g/mol. The van der Waals surface area contributed by atoms with Gasteiger partial charge >= 0.3 is 5.97 Å². The Balaban J connectivity index is 2.18. The number of carbonyl (C=O) groups excluding carboxylic acids is 2. The number of rotatable bonds is 4. The number of halogens is 2. The van der Waals surface area contributed by atoms with Crippen molar-refractivity contribution in [2.24, 2.45) is 4.99 Å². The molecule has 0 aliphatic rings. The average Bonchev–Trinajstić information content (AvgIpc) is 3.07. The summed E-state index contributed by atoms with van der Waals surface area (Å²) in [6.45, 7) is 5.97. The van der Waals surface area contributed by atoms with Crippen molar-refractivity contribution in [3.05, 3.63) is 48.4 Å². The Morgan fingerprint density at radius 1 is 1.19 bits per heavy atom. The van der Waals surface area contributed by atoms with Crippen LogP contribution in [0.1, 0.15) is 28.4 Å². The van der Waals surface area contributed by atoms with Crippen molar-refractivity contribution in [2.75, 3.05) is 6.61 Å². The predicted molar refractivity (Wildman–Crippen MR) is 110 cm³/mol. The molecular weight excluding hydrogens is 427 g/mol. The second kappa shape index (κ2) is 8.14. The van der Waals surface area contributed by atoms with E-state index in [-0.39, 0.29) is 24.7 Å². The molecule has 142 valence electrons. The lowest BCUT2D eigenvalue weighted by Crippen LogP contribution is -2.23. The number of hydrogen-bond acceptors (Lipinski definition) is 5. The summed E-state index contributed by atoms with van der Waals surface area (Å²) in [5.41, 5.74) is 3.20. The van der Waals surface area contributed by atoms with Crippen molar-refractivity contribution < 1.29 is 14.3 Å². The van der Waals surface area contributed by atoms with Crippen LogP contribution in [0.3, 0.4) is 0 Å². The summed E-state index contributed by atoms with van der Waals surface area (Å²) >= 11 is 14.5. The van der Waals surface area contributed by atoms with Crippen molar-refractivity contribution in [1.29, 1.82) is 0 Å². The molecule has 1 amide bonds. The molecule has 0 atom stereocenters. The average molecular weight is 443 g/mol. The summed E-state index contributed by atoms with van der Waals surface area (Å²) in [7, 11) is 0. The topological polar surface area (TPSA) is 60.7 Å². The highest BCUT2D eigenvalue weighted by atomic mass is 35.5. The highest BCUT2D eigenvalue weighted by Crippen LogP contribution is 2.31. The van der Waals surface area contributed by atoms with Crippen molar-refractivity contribution in [3.63, 3.8) is 0 Å². The zero-order valence-electron chi connectivity index (χ0n) is 14.8. The third-order valence-corrected chi connectivity index (χ3v) is 6.30. The normalized spacial score (nSPS) is 12.0. The van der Waals surface area contributed by atoms with E-state index in [1.807, 2.05) is 26.0 Å². The second-order valence-corrected chi connectivity index (χ2v) is 9.15. The largest absolute Gasteiger partial charge is 0.465 e. The molecule has 0 fully saturated rings. The smallest absolute Gasteiger partial charge is 0.326 e. The van der Waals surface area contributed by atoms with E-state index in [0.717, 1.165) is 32.7 Å². The van der Waals surface area contributed by atoms with Crippen LogP contribution in [0.2, 0.25) is 8.67 Å². The molecule has 3 rings (SSSR count). The van der Waals surface area contributed by atoms with E-state index in [2.05, 4.69) is 4.99 Å². The Kier molecular flexibility index (Phi) is 6.05. The predicted octanol–water partition coefficient (Wildman–Crippen LogP) is 4.99. The molecule has 0 radical (unpaired) electrons. The van der Waals surface area contributed by atoms with Gasteiger partial charge in [0.1, 0.15) is 10.9 Å². The lowest BCUT2D eigenvalue weighted by atomic mass is 10.1. The maximum absolute atomic E-state index is 12.6. The molecule has 0 spiro atoms. The van der Waals surface area contributed by atoms with E-state index < -0.39 is 5.91 Å². The van der Waals surface area contributed by atoms with Gasteiger partial charge in [-0.1, -0.05) is 40.6 Å². The van der Waals surface area contributed by atoms with Crippen molar-refractivity contribution in [1.82, 2.24) is 4.57 Å². The third-order valence-electron chi connectivity index (χ3n) is 3.79. The molecule has 9 heteroatoms. The van der Waals surface area contributed by atoms with Gasteiger partial charge in [-0.25, -0.2) is 0 Å². The minimum Gasteiger partial charge on any atom is -0.465 e. The van der Waals surface area contributed by atoms with Gasteiger partial charge in [0.2, 0.25) is 0 Å². The summed E-state index contributed by atoms with van der Waals surface area (Å²) in [6, 6.07) is 5.53. The molecule has 0 saturated carbocycles. The number of aryl methyl sites for hydroxylation is 2. The Labute approximate surface area is 173 Å². The zero-order valence-corrected chi connectivity index (χ0v) is 18.0. The maximum Gasteiger partial charge on any atom is 0.326 e. The number of carbonyl (C=O) groups is 2. The van der Waals surface area contributed by atoms with Crippen LogP contribution in [-0.2, 0) is 16.1 Å². The molecule has 0 aliphatic carbocycles. The van der Waals surface area contributed by atoms with E-state index in [1.165, 1.54) is 17.4 Å².